The van der Waals surface area contributed by atoms with Crippen LogP contribution >= 0.6 is 0 Å². The molecule has 0 radical (unpaired) electrons. The molecule has 3 rings (SSSR count). The average molecular weight is 421 g/mol. The van der Waals surface area contributed by atoms with Gasteiger partial charge in [-0.1, -0.05) is 49.6 Å². The van der Waals surface area contributed by atoms with E-state index in [1.165, 1.54) is 39.2 Å². The van der Waals surface area contributed by atoms with Crippen LogP contribution in [-0.4, -0.2) is 59.9 Å². The van der Waals surface area contributed by atoms with Gasteiger partial charge in [0.2, 0.25) is 0 Å². The van der Waals surface area contributed by atoms with E-state index in [9.17, 15) is 19.5 Å². The normalized spacial score (nSPS) is 21.2. The molecule has 0 unspecified atom stereocenters. The van der Waals surface area contributed by atoms with Crippen molar-refractivity contribution in [1.82, 2.24) is 10.2 Å². The van der Waals surface area contributed by atoms with Gasteiger partial charge in [-0.15, -0.1) is 0 Å². The highest BCUT2D eigenvalue weighted by Gasteiger charge is 2.42. The van der Waals surface area contributed by atoms with Crippen molar-refractivity contribution in [2.75, 3.05) is 13.6 Å². The van der Waals surface area contributed by atoms with Gasteiger partial charge in [0.1, 0.15) is 18.8 Å². The third-order valence-corrected chi connectivity index (χ3v) is 5.12. The zero-order valence-corrected chi connectivity index (χ0v) is 17.3. The lowest BCUT2D eigenvalue weighted by molar-refractivity contribution is -0.141. The van der Waals surface area contributed by atoms with Crippen LogP contribution in [0, 0.1) is 0 Å². The fourth-order valence-electron chi connectivity index (χ4n) is 3.47. The van der Waals surface area contributed by atoms with Crippen LogP contribution in [0.3, 0.4) is 0 Å². The predicted molar refractivity (Wildman–Crippen MR) is 110 cm³/mol. The first-order valence-electron chi connectivity index (χ1n) is 10.2. The second-order valence-electron chi connectivity index (χ2n) is 7.46. The van der Waals surface area contributed by atoms with Crippen LogP contribution in [0.1, 0.15) is 44.1 Å². The molecule has 0 bridgehead atoms. The van der Waals surface area contributed by atoms with E-state index in [0.717, 1.165) is 10.5 Å². The molecule has 2 aliphatic rings. The number of alkyl carbamates (subject to hydrolysis) is 1. The number of likely N-dealkylation sites (tertiary alicyclic amines) is 1. The highest BCUT2D eigenvalue weighted by atomic mass is 16.6. The molecule has 30 heavy (non-hydrogen) atoms. The first-order valence-corrected chi connectivity index (χ1v) is 10.2. The second-order valence-corrected chi connectivity index (χ2v) is 7.46. The standard InChI is InChI=1S/C15H18N2O6.C6H13N/c1-16-14(20)23-11-7-12(13(18)19)17(8-11)15(21)22-9-10-5-3-2-4-6-10;7-6-4-2-1-3-5-6/h2-6,11-12H,7-9H2,1H3,(H,16,20)(H,18,19);6H,1-5,7H2/t11-,12+;/m1./s1. The van der Waals surface area contributed by atoms with Crippen molar-refractivity contribution >= 4 is 18.2 Å². The van der Waals surface area contributed by atoms with Crippen molar-refractivity contribution in [3.8, 4) is 0 Å². The van der Waals surface area contributed by atoms with Crippen molar-refractivity contribution in [3.63, 3.8) is 0 Å². The zero-order valence-electron chi connectivity index (χ0n) is 17.3. The molecule has 1 saturated heterocycles. The fraction of sp³-hybridized carbons (Fsp3) is 0.571. The van der Waals surface area contributed by atoms with Gasteiger partial charge in [-0.3, -0.25) is 4.90 Å². The van der Waals surface area contributed by atoms with Gasteiger partial charge in [0, 0.05) is 19.5 Å². The van der Waals surface area contributed by atoms with Crippen LogP contribution in [0.5, 0.6) is 0 Å². The van der Waals surface area contributed by atoms with E-state index in [0.29, 0.717) is 6.04 Å². The summed E-state index contributed by atoms with van der Waals surface area (Å²) < 4.78 is 10.2. The minimum absolute atomic E-state index is 0.0159. The lowest BCUT2D eigenvalue weighted by atomic mass is 9.97. The third-order valence-electron chi connectivity index (χ3n) is 5.12. The van der Waals surface area contributed by atoms with E-state index >= 15 is 0 Å². The third kappa shape index (κ3) is 7.55. The highest BCUT2D eigenvalue weighted by Crippen LogP contribution is 2.22. The summed E-state index contributed by atoms with van der Waals surface area (Å²) in [5, 5.41) is 11.5. The van der Waals surface area contributed by atoms with E-state index in [1.807, 2.05) is 18.2 Å². The molecule has 0 spiro atoms. The molecule has 0 aromatic heterocycles. The maximum absolute atomic E-state index is 12.1. The molecule has 1 aromatic rings. The summed E-state index contributed by atoms with van der Waals surface area (Å²) in [7, 11) is 1.40. The van der Waals surface area contributed by atoms with Crippen LogP contribution in [0.2, 0.25) is 0 Å². The monoisotopic (exact) mass is 421 g/mol. The van der Waals surface area contributed by atoms with Gasteiger partial charge >= 0.3 is 18.2 Å². The lowest BCUT2D eigenvalue weighted by Gasteiger charge is -2.20. The van der Waals surface area contributed by atoms with E-state index < -0.39 is 30.3 Å². The van der Waals surface area contributed by atoms with Crippen LogP contribution in [0.25, 0.3) is 0 Å². The molecule has 2 atom stereocenters. The molecule has 1 aliphatic carbocycles. The summed E-state index contributed by atoms with van der Waals surface area (Å²) in [6.45, 7) is 0.0293. The van der Waals surface area contributed by atoms with Gasteiger partial charge in [-0.2, -0.15) is 0 Å². The topological polar surface area (TPSA) is 131 Å². The van der Waals surface area contributed by atoms with Gasteiger partial charge in [0.05, 0.1) is 6.54 Å². The number of nitrogens with zero attached hydrogens (tertiary/aromatic N) is 1. The number of aliphatic carboxylic acids is 1. The number of carbonyl (C=O) groups excluding carboxylic acids is 2. The average Bonchev–Trinajstić information content (AvgIpc) is 3.18. The Hall–Kier alpha value is -2.81. The molecular weight excluding hydrogens is 390 g/mol. The van der Waals surface area contributed by atoms with Crippen LogP contribution < -0.4 is 11.1 Å². The number of ether oxygens (including phenoxy) is 2. The summed E-state index contributed by atoms with van der Waals surface area (Å²) in [5.74, 6) is -1.16. The van der Waals surface area contributed by atoms with Gasteiger partial charge in [-0.25, -0.2) is 14.4 Å². The summed E-state index contributed by atoms with van der Waals surface area (Å²) in [6, 6.07) is 8.51. The molecule has 1 saturated carbocycles. The smallest absolute Gasteiger partial charge is 0.410 e. The van der Waals surface area contributed by atoms with Gasteiger partial charge in [0.25, 0.3) is 0 Å². The Bertz CT molecular complexity index is 693. The van der Waals surface area contributed by atoms with E-state index in [4.69, 9.17) is 15.2 Å². The summed E-state index contributed by atoms with van der Waals surface area (Å²) >= 11 is 0. The van der Waals surface area contributed by atoms with Crippen molar-refractivity contribution in [1.29, 1.82) is 0 Å². The number of carboxylic acid groups (broad SMARTS) is 1. The molecule has 166 valence electrons. The number of hydrogen-bond donors (Lipinski definition) is 3. The van der Waals surface area contributed by atoms with E-state index in [1.54, 1.807) is 12.1 Å². The molecule has 9 heteroatoms. The number of amides is 2. The van der Waals surface area contributed by atoms with E-state index in [-0.39, 0.29) is 19.6 Å². The van der Waals surface area contributed by atoms with Gasteiger partial charge < -0.3 is 25.6 Å². The second kappa shape index (κ2) is 12.0. The van der Waals surface area contributed by atoms with Crippen LogP contribution in [0.4, 0.5) is 9.59 Å². The Morgan fingerprint density at radius 3 is 2.37 bits per heavy atom. The minimum atomic E-state index is -1.16. The fourth-order valence-corrected chi connectivity index (χ4v) is 3.47. The molecule has 9 nitrogen and oxygen atoms in total. The number of nitrogens with one attached hydrogen (secondary N) is 1. The maximum atomic E-state index is 12.1. The summed E-state index contributed by atoms with van der Waals surface area (Å²) in [4.78, 5) is 35.7. The zero-order chi connectivity index (χ0) is 21.9. The largest absolute Gasteiger partial charge is 0.480 e. The number of nitrogens with two attached hydrogens (primary N) is 1. The Labute approximate surface area is 176 Å². The quantitative estimate of drug-likeness (QED) is 0.680. The van der Waals surface area contributed by atoms with Crippen molar-refractivity contribution in [2.24, 2.45) is 5.73 Å². The summed E-state index contributed by atoms with van der Waals surface area (Å²) in [6.07, 6.45) is 4.60. The number of carbonyl (C=O) groups is 3. The first kappa shape index (κ1) is 23.5. The van der Waals surface area contributed by atoms with Crippen LogP contribution in [-0.2, 0) is 20.9 Å². The van der Waals surface area contributed by atoms with Gasteiger partial charge in [-0.05, 0) is 18.4 Å². The number of rotatable bonds is 4. The Kier molecular flexibility index (Phi) is 9.40. The lowest BCUT2D eigenvalue weighted by Crippen LogP contribution is -2.41. The molecule has 2 fully saturated rings. The maximum Gasteiger partial charge on any atom is 0.410 e. The van der Waals surface area contributed by atoms with Crippen molar-refractivity contribution < 1.29 is 29.0 Å². The Balaban J connectivity index is 0.000000386. The molecule has 1 heterocycles. The number of benzene rings is 1. The molecule has 4 N–H and O–H groups in total. The van der Waals surface area contributed by atoms with E-state index in [2.05, 4.69) is 5.32 Å². The molecule has 1 aliphatic heterocycles. The van der Waals surface area contributed by atoms with Crippen molar-refractivity contribution in [3.05, 3.63) is 35.9 Å². The number of hydrogen-bond acceptors (Lipinski definition) is 6. The highest BCUT2D eigenvalue weighted by molar-refractivity contribution is 5.81. The Morgan fingerprint density at radius 2 is 1.83 bits per heavy atom. The SMILES string of the molecule is CNC(=O)O[C@@H]1C[C@@H](C(=O)O)N(C(=O)OCc2ccccc2)C1.NC1CCCCC1. The molecular formula is C21H31N3O6. The summed E-state index contributed by atoms with van der Waals surface area (Å²) in [5.41, 5.74) is 6.43. The van der Waals surface area contributed by atoms with Crippen molar-refractivity contribution in [2.45, 2.75) is 63.3 Å². The minimum Gasteiger partial charge on any atom is -0.480 e. The first-order chi connectivity index (χ1) is 14.4. The predicted octanol–water partition coefficient (Wildman–Crippen LogP) is 2.48. The van der Waals surface area contributed by atoms with Gasteiger partial charge in [0.15, 0.2) is 0 Å². The molecule has 2 amide bonds. The van der Waals surface area contributed by atoms with Crippen LogP contribution in [0.15, 0.2) is 30.3 Å². The molecule has 1 aromatic carbocycles. The Morgan fingerprint density at radius 1 is 1.17 bits per heavy atom. The number of carboxylic acids is 1.